The van der Waals surface area contributed by atoms with Gasteiger partial charge in [-0.25, -0.2) is 0 Å². The number of thioether (sulfide) groups is 1. The number of benzene rings is 1. The van der Waals surface area contributed by atoms with Crippen LogP contribution in [0.5, 0.6) is 0 Å². The molecule has 1 N–H and O–H groups in total. The van der Waals surface area contributed by atoms with E-state index >= 15 is 0 Å². The Morgan fingerprint density at radius 3 is 2.84 bits per heavy atom. The molecule has 2 rings (SSSR count). The zero-order chi connectivity index (χ0) is 13.8. The van der Waals surface area contributed by atoms with Crippen LogP contribution in [-0.2, 0) is 0 Å². The van der Waals surface area contributed by atoms with Gasteiger partial charge in [-0.2, -0.15) is 0 Å². The highest BCUT2D eigenvalue weighted by molar-refractivity contribution is 7.98. The lowest BCUT2D eigenvalue weighted by Crippen LogP contribution is -2.26. The first-order chi connectivity index (χ1) is 9.11. The Kier molecular flexibility index (Phi) is 4.91. The number of nitrogens with one attached hydrogen (secondary N) is 1. The van der Waals surface area contributed by atoms with Crippen molar-refractivity contribution in [3.63, 3.8) is 0 Å². The number of thiophene rings is 1. The Bertz CT molecular complexity index is 569. The second-order valence-electron chi connectivity index (χ2n) is 4.06. The van der Waals surface area contributed by atoms with Crippen LogP contribution in [-0.4, -0.2) is 12.2 Å². The lowest BCUT2D eigenvalue weighted by Gasteiger charge is -2.13. The molecule has 0 fully saturated rings. The van der Waals surface area contributed by atoms with Crippen molar-refractivity contribution in [3.8, 4) is 0 Å². The standard InChI is InChI=1S/C14H14ClNOS2/c1-9(13-4-3-7-19-13)16-14(17)11-8-10(18-2)5-6-12(11)15/h3-9H,1-2H3,(H,16,17)/t9-/m0/s1. The van der Waals surface area contributed by atoms with Crippen molar-refractivity contribution < 1.29 is 4.79 Å². The Labute approximate surface area is 126 Å². The summed E-state index contributed by atoms with van der Waals surface area (Å²) in [6.07, 6.45) is 1.97. The van der Waals surface area contributed by atoms with Gasteiger partial charge in [0.15, 0.2) is 0 Å². The lowest BCUT2D eigenvalue weighted by atomic mass is 10.2. The zero-order valence-corrected chi connectivity index (χ0v) is 13.0. The first-order valence-corrected chi connectivity index (χ1v) is 8.28. The number of carbonyl (C=O) groups is 1. The second-order valence-corrected chi connectivity index (χ2v) is 6.32. The molecule has 0 saturated heterocycles. The average molecular weight is 312 g/mol. The van der Waals surface area contributed by atoms with E-state index in [-0.39, 0.29) is 11.9 Å². The maximum absolute atomic E-state index is 12.2. The quantitative estimate of drug-likeness (QED) is 0.835. The molecule has 2 nitrogen and oxygen atoms in total. The van der Waals surface area contributed by atoms with E-state index in [0.717, 1.165) is 9.77 Å². The zero-order valence-electron chi connectivity index (χ0n) is 10.6. The van der Waals surface area contributed by atoms with Gasteiger partial charge in [-0.15, -0.1) is 23.1 Å². The van der Waals surface area contributed by atoms with Gasteiger partial charge in [0.25, 0.3) is 5.91 Å². The summed E-state index contributed by atoms with van der Waals surface area (Å²) in [4.78, 5) is 14.4. The van der Waals surface area contributed by atoms with Gasteiger partial charge >= 0.3 is 0 Å². The highest BCUT2D eigenvalue weighted by Crippen LogP contribution is 2.24. The Balaban J connectivity index is 2.16. The van der Waals surface area contributed by atoms with Crippen LogP contribution in [0.25, 0.3) is 0 Å². The topological polar surface area (TPSA) is 29.1 Å². The minimum absolute atomic E-state index is 0.0125. The monoisotopic (exact) mass is 311 g/mol. The maximum atomic E-state index is 12.2. The Hall–Kier alpha value is -0.970. The molecule has 1 aromatic heterocycles. The van der Waals surface area contributed by atoms with Crippen molar-refractivity contribution in [1.29, 1.82) is 0 Å². The van der Waals surface area contributed by atoms with Crippen LogP contribution in [0.1, 0.15) is 28.2 Å². The minimum atomic E-state index is -0.137. The molecule has 0 bridgehead atoms. The van der Waals surface area contributed by atoms with Gasteiger partial charge in [-0.05, 0) is 42.8 Å². The summed E-state index contributed by atoms with van der Waals surface area (Å²) >= 11 is 9.31. The molecular formula is C14H14ClNOS2. The van der Waals surface area contributed by atoms with E-state index in [1.54, 1.807) is 29.2 Å². The van der Waals surface area contributed by atoms with E-state index in [1.165, 1.54) is 0 Å². The summed E-state index contributed by atoms with van der Waals surface area (Å²) < 4.78 is 0. The number of amides is 1. The smallest absolute Gasteiger partial charge is 0.253 e. The van der Waals surface area contributed by atoms with Gasteiger partial charge in [0.1, 0.15) is 0 Å². The molecule has 100 valence electrons. The first kappa shape index (κ1) is 14.4. The first-order valence-electron chi connectivity index (χ1n) is 5.79. The molecule has 2 aromatic rings. The summed E-state index contributed by atoms with van der Waals surface area (Å²) in [6, 6.07) is 9.47. The van der Waals surface area contributed by atoms with Crippen LogP contribution in [0.2, 0.25) is 5.02 Å². The van der Waals surface area contributed by atoms with Crippen LogP contribution in [0.3, 0.4) is 0 Å². The summed E-state index contributed by atoms with van der Waals surface area (Å²) in [5.74, 6) is -0.137. The summed E-state index contributed by atoms with van der Waals surface area (Å²) in [5.41, 5.74) is 0.525. The van der Waals surface area contributed by atoms with E-state index in [0.29, 0.717) is 10.6 Å². The third-order valence-corrected chi connectivity index (χ3v) is 4.85. The largest absolute Gasteiger partial charge is 0.345 e. The Morgan fingerprint density at radius 1 is 1.42 bits per heavy atom. The molecule has 1 amide bonds. The Morgan fingerprint density at radius 2 is 2.21 bits per heavy atom. The fraction of sp³-hybridized carbons (Fsp3) is 0.214. The van der Waals surface area contributed by atoms with E-state index < -0.39 is 0 Å². The van der Waals surface area contributed by atoms with Gasteiger partial charge < -0.3 is 5.32 Å². The number of halogens is 1. The molecular weight excluding hydrogens is 298 g/mol. The van der Waals surface area contributed by atoms with Crippen molar-refractivity contribution in [1.82, 2.24) is 5.32 Å². The van der Waals surface area contributed by atoms with Gasteiger partial charge in [0, 0.05) is 9.77 Å². The van der Waals surface area contributed by atoms with Crippen LogP contribution in [0.4, 0.5) is 0 Å². The van der Waals surface area contributed by atoms with Crippen molar-refractivity contribution in [2.45, 2.75) is 17.9 Å². The fourth-order valence-corrected chi connectivity index (χ4v) is 3.07. The molecule has 0 unspecified atom stereocenters. The highest BCUT2D eigenvalue weighted by atomic mass is 35.5. The maximum Gasteiger partial charge on any atom is 0.253 e. The van der Waals surface area contributed by atoms with E-state index in [2.05, 4.69) is 5.32 Å². The summed E-state index contributed by atoms with van der Waals surface area (Å²) in [5, 5.41) is 5.45. The van der Waals surface area contributed by atoms with Gasteiger partial charge in [-0.3, -0.25) is 4.79 Å². The molecule has 1 atom stereocenters. The predicted molar refractivity (Wildman–Crippen MR) is 83.4 cm³/mol. The number of hydrogen-bond acceptors (Lipinski definition) is 3. The van der Waals surface area contributed by atoms with E-state index in [4.69, 9.17) is 11.6 Å². The van der Waals surface area contributed by atoms with Gasteiger partial charge in [-0.1, -0.05) is 17.7 Å². The third-order valence-electron chi connectivity index (χ3n) is 2.74. The van der Waals surface area contributed by atoms with Crippen LogP contribution >= 0.6 is 34.7 Å². The lowest BCUT2D eigenvalue weighted by molar-refractivity contribution is 0.0940. The summed E-state index contributed by atoms with van der Waals surface area (Å²) in [7, 11) is 0. The molecule has 0 saturated carbocycles. The average Bonchev–Trinajstić information content (AvgIpc) is 2.93. The number of carbonyl (C=O) groups excluding carboxylic acids is 1. The van der Waals surface area contributed by atoms with Gasteiger partial charge in [0.05, 0.1) is 16.6 Å². The fourth-order valence-electron chi connectivity index (χ4n) is 1.69. The van der Waals surface area contributed by atoms with Crippen LogP contribution in [0.15, 0.2) is 40.6 Å². The molecule has 1 heterocycles. The summed E-state index contributed by atoms with van der Waals surface area (Å²) in [6.45, 7) is 1.97. The van der Waals surface area contributed by atoms with Crippen LogP contribution < -0.4 is 5.32 Å². The van der Waals surface area contributed by atoms with Crippen molar-refractivity contribution in [2.75, 3.05) is 6.26 Å². The molecule has 1 aromatic carbocycles. The normalized spacial score (nSPS) is 12.2. The van der Waals surface area contributed by atoms with Gasteiger partial charge in [0.2, 0.25) is 0 Å². The minimum Gasteiger partial charge on any atom is -0.345 e. The van der Waals surface area contributed by atoms with Crippen molar-refractivity contribution >= 4 is 40.6 Å². The molecule has 0 aliphatic heterocycles. The van der Waals surface area contributed by atoms with Crippen molar-refractivity contribution in [3.05, 3.63) is 51.2 Å². The second kappa shape index (κ2) is 6.46. The molecule has 0 spiro atoms. The molecule has 19 heavy (non-hydrogen) atoms. The van der Waals surface area contributed by atoms with Crippen molar-refractivity contribution in [2.24, 2.45) is 0 Å². The number of hydrogen-bond donors (Lipinski definition) is 1. The molecule has 0 aliphatic rings. The molecule has 0 aliphatic carbocycles. The van der Waals surface area contributed by atoms with E-state index in [1.807, 2.05) is 42.8 Å². The SMILES string of the molecule is CSc1ccc(Cl)c(C(=O)N[C@@H](C)c2cccs2)c1. The van der Waals surface area contributed by atoms with Crippen LogP contribution in [0, 0.1) is 0 Å². The highest BCUT2D eigenvalue weighted by Gasteiger charge is 2.15. The predicted octanol–water partition coefficient (Wildman–Crippen LogP) is 4.61. The number of rotatable bonds is 4. The van der Waals surface area contributed by atoms with E-state index in [9.17, 15) is 4.79 Å². The molecule has 5 heteroatoms. The third kappa shape index (κ3) is 3.53. The molecule has 0 radical (unpaired) electrons.